The fourth-order valence-corrected chi connectivity index (χ4v) is 4.29. The lowest BCUT2D eigenvalue weighted by molar-refractivity contribution is 0.163. The van der Waals surface area contributed by atoms with Crippen LogP contribution in [-0.4, -0.2) is 47.5 Å². The lowest BCUT2D eigenvalue weighted by Crippen LogP contribution is -2.46. The van der Waals surface area contributed by atoms with Crippen LogP contribution in [0.25, 0.3) is 0 Å². The molecule has 5 heteroatoms. The molecule has 0 bridgehead atoms. The van der Waals surface area contributed by atoms with Gasteiger partial charge in [0.2, 0.25) is 0 Å². The van der Waals surface area contributed by atoms with E-state index in [1.807, 2.05) is 17.0 Å². The van der Waals surface area contributed by atoms with Gasteiger partial charge in [-0.3, -0.25) is 0 Å². The quantitative estimate of drug-likeness (QED) is 0.871. The minimum atomic E-state index is 0.0863. The van der Waals surface area contributed by atoms with Crippen LogP contribution in [0.1, 0.15) is 50.7 Å². The van der Waals surface area contributed by atoms with Crippen LogP contribution in [0, 0.1) is 5.92 Å². The first-order chi connectivity index (χ1) is 11.8. The smallest absolute Gasteiger partial charge is 0.318 e. The van der Waals surface area contributed by atoms with E-state index >= 15 is 0 Å². The molecule has 1 aliphatic heterocycles. The van der Waals surface area contributed by atoms with Crippen molar-refractivity contribution in [1.82, 2.24) is 15.1 Å². The van der Waals surface area contributed by atoms with Crippen molar-refractivity contribution in [1.29, 1.82) is 0 Å². The number of nitrogens with one attached hydrogen (secondary N) is 1. The largest absolute Gasteiger partial charge is 0.467 e. The SMILES string of the molecule is O=C(NC[C@@H]1CCN(C2CC2)C1)N(Cc1ccco1)C1CCCC1. The molecule has 1 aromatic heterocycles. The zero-order valence-corrected chi connectivity index (χ0v) is 14.5. The Hall–Kier alpha value is -1.49. The highest BCUT2D eigenvalue weighted by Crippen LogP contribution is 2.31. The molecule has 2 amide bonds. The Morgan fingerprint density at radius 2 is 2.08 bits per heavy atom. The third-order valence-corrected chi connectivity index (χ3v) is 5.86. The molecule has 0 unspecified atom stereocenters. The monoisotopic (exact) mass is 331 g/mol. The summed E-state index contributed by atoms with van der Waals surface area (Å²) in [7, 11) is 0. The Bertz CT molecular complexity index is 535. The van der Waals surface area contributed by atoms with Crippen molar-refractivity contribution in [3.63, 3.8) is 0 Å². The summed E-state index contributed by atoms with van der Waals surface area (Å²) in [6, 6.07) is 5.15. The molecule has 4 rings (SSSR count). The number of urea groups is 1. The van der Waals surface area contributed by atoms with Gasteiger partial charge in [0.05, 0.1) is 12.8 Å². The summed E-state index contributed by atoms with van der Waals surface area (Å²) in [5, 5.41) is 3.21. The zero-order valence-electron chi connectivity index (χ0n) is 14.5. The van der Waals surface area contributed by atoms with Crippen molar-refractivity contribution in [3.05, 3.63) is 24.2 Å². The van der Waals surface area contributed by atoms with Crippen LogP contribution in [0.2, 0.25) is 0 Å². The molecule has 1 aromatic rings. The minimum Gasteiger partial charge on any atom is -0.467 e. The van der Waals surface area contributed by atoms with Gasteiger partial charge < -0.3 is 19.5 Å². The first-order valence-electron chi connectivity index (χ1n) is 9.60. The Morgan fingerprint density at radius 1 is 1.25 bits per heavy atom. The third-order valence-electron chi connectivity index (χ3n) is 5.86. The standard InChI is InChI=1S/C19H29N3O2/c23-19(20-12-15-9-10-21(13-15)16-7-8-16)22(17-4-1-2-5-17)14-18-6-3-11-24-18/h3,6,11,15-17H,1-2,4-5,7-10,12-14H2,(H,20,23)/t15-/m0/s1. The summed E-state index contributed by atoms with van der Waals surface area (Å²) in [6.45, 7) is 3.77. The fourth-order valence-electron chi connectivity index (χ4n) is 4.29. The highest BCUT2D eigenvalue weighted by molar-refractivity contribution is 5.74. The number of likely N-dealkylation sites (tertiary alicyclic amines) is 1. The summed E-state index contributed by atoms with van der Waals surface area (Å²) in [4.78, 5) is 17.4. The number of carbonyl (C=O) groups excluding carboxylic acids is 1. The molecular weight excluding hydrogens is 302 g/mol. The summed E-state index contributed by atoms with van der Waals surface area (Å²) in [5.41, 5.74) is 0. The number of rotatable bonds is 6. The van der Waals surface area contributed by atoms with Gasteiger partial charge in [0, 0.05) is 25.2 Å². The molecule has 0 spiro atoms. The fraction of sp³-hybridized carbons (Fsp3) is 0.737. The van der Waals surface area contributed by atoms with Crippen molar-refractivity contribution < 1.29 is 9.21 Å². The molecular formula is C19H29N3O2. The van der Waals surface area contributed by atoms with E-state index in [1.54, 1.807) is 6.26 Å². The number of nitrogens with zero attached hydrogens (tertiary/aromatic N) is 2. The molecule has 3 aliphatic rings. The maximum absolute atomic E-state index is 12.8. The number of hydrogen-bond donors (Lipinski definition) is 1. The number of hydrogen-bond acceptors (Lipinski definition) is 3. The average Bonchev–Trinajstić information content (AvgIpc) is 3.06. The minimum absolute atomic E-state index is 0.0863. The van der Waals surface area contributed by atoms with E-state index in [-0.39, 0.29) is 6.03 Å². The van der Waals surface area contributed by atoms with E-state index in [1.165, 1.54) is 38.6 Å². The van der Waals surface area contributed by atoms with E-state index in [2.05, 4.69) is 10.2 Å². The van der Waals surface area contributed by atoms with Gasteiger partial charge in [0.25, 0.3) is 0 Å². The molecule has 5 nitrogen and oxygen atoms in total. The molecule has 1 N–H and O–H groups in total. The number of amides is 2. The Kier molecular flexibility index (Phi) is 4.79. The van der Waals surface area contributed by atoms with E-state index in [0.29, 0.717) is 18.5 Å². The van der Waals surface area contributed by atoms with Gasteiger partial charge in [-0.15, -0.1) is 0 Å². The second-order valence-corrected chi connectivity index (χ2v) is 7.71. The van der Waals surface area contributed by atoms with Gasteiger partial charge >= 0.3 is 6.03 Å². The summed E-state index contributed by atoms with van der Waals surface area (Å²) >= 11 is 0. The zero-order chi connectivity index (χ0) is 16.4. The first-order valence-corrected chi connectivity index (χ1v) is 9.60. The van der Waals surface area contributed by atoms with Crippen molar-refractivity contribution in [2.24, 2.45) is 5.92 Å². The third kappa shape index (κ3) is 3.77. The second-order valence-electron chi connectivity index (χ2n) is 7.71. The predicted octanol–water partition coefficient (Wildman–Crippen LogP) is 3.22. The van der Waals surface area contributed by atoms with Crippen LogP contribution in [0.4, 0.5) is 4.79 Å². The lowest BCUT2D eigenvalue weighted by Gasteiger charge is -2.29. The van der Waals surface area contributed by atoms with Crippen LogP contribution in [0.15, 0.2) is 22.8 Å². The summed E-state index contributed by atoms with van der Waals surface area (Å²) in [5.74, 6) is 1.49. The van der Waals surface area contributed by atoms with Crippen molar-refractivity contribution >= 4 is 6.03 Å². The molecule has 2 heterocycles. The highest BCUT2D eigenvalue weighted by Gasteiger charge is 2.35. The molecule has 1 atom stereocenters. The van der Waals surface area contributed by atoms with Gasteiger partial charge in [0.15, 0.2) is 0 Å². The van der Waals surface area contributed by atoms with Crippen LogP contribution in [0.5, 0.6) is 0 Å². The molecule has 132 valence electrons. The summed E-state index contributed by atoms with van der Waals surface area (Å²) < 4.78 is 5.47. The Balaban J connectivity index is 1.30. The van der Waals surface area contributed by atoms with E-state index < -0.39 is 0 Å². The van der Waals surface area contributed by atoms with E-state index in [0.717, 1.165) is 37.7 Å². The molecule has 3 fully saturated rings. The number of carbonyl (C=O) groups is 1. The maximum atomic E-state index is 12.8. The highest BCUT2D eigenvalue weighted by atomic mass is 16.3. The number of furan rings is 1. The normalized spacial score (nSPS) is 25.2. The average molecular weight is 331 g/mol. The van der Waals surface area contributed by atoms with Gasteiger partial charge in [-0.05, 0) is 56.7 Å². The van der Waals surface area contributed by atoms with Gasteiger partial charge in [0.1, 0.15) is 5.76 Å². The van der Waals surface area contributed by atoms with Gasteiger partial charge in [-0.25, -0.2) is 4.79 Å². The molecule has 24 heavy (non-hydrogen) atoms. The Morgan fingerprint density at radius 3 is 2.79 bits per heavy atom. The maximum Gasteiger partial charge on any atom is 0.318 e. The molecule has 0 aromatic carbocycles. The van der Waals surface area contributed by atoms with Crippen molar-refractivity contribution in [2.45, 2.75) is 63.6 Å². The van der Waals surface area contributed by atoms with Crippen LogP contribution in [-0.2, 0) is 6.54 Å². The second kappa shape index (κ2) is 7.18. The van der Waals surface area contributed by atoms with E-state index in [9.17, 15) is 4.79 Å². The summed E-state index contributed by atoms with van der Waals surface area (Å²) in [6.07, 6.45) is 10.3. The van der Waals surface area contributed by atoms with Crippen molar-refractivity contribution in [3.8, 4) is 0 Å². The molecule has 2 saturated carbocycles. The van der Waals surface area contributed by atoms with Crippen LogP contribution >= 0.6 is 0 Å². The van der Waals surface area contributed by atoms with Gasteiger partial charge in [-0.1, -0.05) is 12.8 Å². The molecule has 1 saturated heterocycles. The molecule has 2 aliphatic carbocycles. The first kappa shape index (κ1) is 16.0. The predicted molar refractivity (Wildman–Crippen MR) is 92.6 cm³/mol. The van der Waals surface area contributed by atoms with Crippen LogP contribution in [0.3, 0.4) is 0 Å². The molecule has 0 radical (unpaired) electrons. The van der Waals surface area contributed by atoms with Gasteiger partial charge in [-0.2, -0.15) is 0 Å². The van der Waals surface area contributed by atoms with Crippen LogP contribution < -0.4 is 5.32 Å². The van der Waals surface area contributed by atoms with E-state index in [4.69, 9.17) is 4.42 Å². The lowest BCUT2D eigenvalue weighted by atomic mass is 10.1. The topological polar surface area (TPSA) is 48.7 Å². The van der Waals surface area contributed by atoms with Crippen molar-refractivity contribution in [2.75, 3.05) is 19.6 Å². The Labute approximate surface area is 144 Å².